The fourth-order valence-corrected chi connectivity index (χ4v) is 1.58. The number of hydrogen-bond donors (Lipinski definition) is 1. The number of carbonyl (C=O) groups is 1. The second-order valence-corrected chi connectivity index (χ2v) is 4.06. The minimum Gasteiger partial charge on any atom is -0.482 e. The standard InChI is InChI=1S/C14H12O5/c1-9-3-2-4-10(5-9)7-18-13-8-19-12(14(16)17)6-11(13)15/h2-6,8H,7H2,1H3,(H,16,17). The van der Waals surface area contributed by atoms with E-state index in [1.165, 1.54) is 0 Å². The summed E-state index contributed by atoms with van der Waals surface area (Å²) < 4.78 is 10.1. The molecule has 98 valence electrons. The topological polar surface area (TPSA) is 76.7 Å². The van der Waals surface area contributed by atoms with Crippen LogP contribution in [0, 0.1) is 6.92 Å². The van der Waals surface area contributed by atoms with Crippen LogP contribution in [0.3, 0.4) is 0 Å². The number of carboxylic acids is 1. The number of rotatable bonds is 4. The lowest BCUT2D eigenvalue weighted by atomic mass is 10.1. The van der Waals surface area contributed by atoms with Gasteiger partial charge in [-0.05, 0) is 12.5 Å². The maximum absolute atomic E-state index is 11.6. The van der Waals surface area contributed by atoms with Gasteiger partial charge < -0.3 is 14.3 Å². The summed E-state index contributed by atoms with van der Waals surface area (Å²) in [7, 11) is 0. The molecule has 1 heterocycles. The summed E-state index contributed by atoms with van der Waals surface area (Å²) in [5, 5.41) is 8.67. The Kier molecular flexibility index (Phi) is 3.66. The van der Waals surface area contributed by atoms with E-state index in [9.17, 15) is 9.59 Å². The maximum Gasteiger partial charge on any atom is 0.371 e. The molecule has 0 radical (unpaired) electrons. The van der Waals surface area contributed by atoms with Crippen LogP contribution in [0.1, 0.15) is 21.7 Å². The first-order chi connectivity index (χ1) is 9.06. The molecule has 0 saturated heterocycles. The molecule has 0 spiro atoms. The molecule has 2 aromatic rings. The third-order valence-corrected chi connectivity index (χ3v) is 2.49. The average molecular weight is 260 g/mol. The van der Waals surface area contributed by atoms with Crippen molar-refractivity contribution in [3.63, 3.8) is 0 Å². The molecule has 2 rings (SSSR count). The third-order valence-electron chi connectivity index (χ3n) is 2.49. The first-order valence-electron chi connectivity index (χ1n) is 5.61. The van der Waals surface area contributed by atoms with Crippen LogP contribution in [0.4, 0.5) is 0 Å². The van der Waals surface area contributed by atoms with Crippen molar-refractivity contribution in [3.8, 4) is 5.75 Å². The molecule has 0 amide bonds. The Bertz CT molecular complexity index is 657. The van der Waals surface area contributed by atoms with Crippen molar-refractivity contribution in [2.75, 3.05) is 0 Å². The summed E-state index contributed by atoms with van der Waals surface area (Å²) in [5.74, 6) is -1.71. The quantitative estimate of drug-likeness (QED) is 0.912. The Morgan fingerprint density at radius 2 is 2.16 bits per heavy atom. The second kappa shape index (κ2) is 5.39. The van der Waals surface area contributed by atoms with Crippen molar-refractivity contribution in [2.24, 2.45) is 0 Å². The van der Waals surface area contributed by atoms with E-state index in [0.29, 0.717) is 0 Å². The highest BCUT2D eigenvalue weighted by atomic mass is 16.5. The van der Waals surface area contributed by atoms with E-state index in [4.69, 9.17) is 14.3 Å². The number of carboxylic acid groups (broad SMARTS) is 1. The number of benzene rings is 1. The van der Waals surface area contributed by atoms with Gasteiger partial charge in [-0.2, -0.15) is 0 Å². The van der Waals surface area contributed by atoms with Crippen molar-refractivity contribution in [1.29, 1.82) is 0 Å². The largest absolute Gasteiger partial charge is 0.482 e. The third kappa shape index (κ3) is 3.22. The Morgan fingerprint density at radius 1 is 1.37 bits per heavy atom. The Balaban J connectivity index is 2.12. The molecule has 0 saturated carbocycles. The van der Waals surface area contributed by atoms with Crippen LogP contribution in [0.2, 0.25) is 0 Å². The molecule has 0 aliphatic heterocycles. The van der Waals surface area contributed by atoms with Crippen LogP contribution in [-0.2, 0) is 6.61 Å². The fourth-order valence-electron chi connectivity index (χ4n) is 1.58. The van der Waals surface area contributed by atoms with E-state index in [2.05, 4.69) is 0 Å². The van der Waals surface area contributed by atoms with E-state index in [1.807, 2.05) is 31.2 Å². The lowest BCUT2D eigenvalue weighted by Crippen LogP contribution is -2.10. The van der Waals surface area contributed by atoms with Crippen LogP contribution in [0.15, 0.2) is 45.8 Å². The highest BCUT2D eigenvalue weighted by Crippen LogP contribution is 2.10. The molecule has 1 aromatic heterocycles. The molecule has 5 heteroatoms. The van der Waals surface area contributed by atoms with Crippen LogP contribution in [0.25, 0.3) is 0 Å². The Labute approximate surface area is 109 Å². The van der Waals surface area contributed by atoms with Gasteiger partial charge in [-0.25, -0.2) is 4.79 Å². The minimum absolute atomic E-state index is 0.00786. The molecule has 0 atom stereocenters. The molecule has 0 unspecified atom stereocenters. The molecule has 1 N–H and O–H groups in total. The van der Waals surface area contributed by atoms with Crippen molar-refractivity contribution in [3.05, 3.63) is 63.7 Å². The van der Waals surface area contributed by atoms with Gasteiger partial charge >= 0.3 is 5.97 Å². The highest BCUT2D eigenvalue weighted by molar-refractivity contribution is 5.84. The summed E-state index contributed by atoms with van der Waals surface area (Å²) >= 11 is 0. The van der Waals surface area contributed by atoms with Gasteiger partial charge in [0.1, 0.15) is 12.9 Å². The van der Waals surface area contributed by atoms with Gasteiger partial charge in [0.25, 0.3) is 0 Å². The lowest BCUT2D eigenvalue weighted by Gasteiger charge is -2.05. The molecule has 0 aliphatic rings. The van der Waals surface area contributed by atoms with Gasteiger partial charge in [-0.1, -0.05) is 29.8 Å². The normalized spacial score (nSPS) is 10.2. The molecule has 0 aliphatic carbocycles. The van der Waals surface area contributed by atoms with E-state index in [-0.39, 0.29) is 12.4 Å². The number of aromatic carboxylic acids is 1. The van der Waals surface area contributed by atoms with Crippen molar-refractivity contribution in [1.82, 2.24) is 0 Å². The van der Waals surface area contributed by atoms with E-state index >= 15 is 0 Å². The highest BCUT2D eigenvalue weighted by Gasteiger charge is 2.10. The summed E-state index contributed by atoms with van der Waals surface area (Å²) in [5.41, 5.74) is 1.49. The molecule has 5 nitrogen and oxygen atoms in total. The number of hydrogen-bond acceptors (Lipinski definition) is 4. The summed E-state index contributed by atoms with van der Waals surface area (Å²) in [6.45, 7) is 2.18. The summed E-state index contributed by atoms with van der Waals surface area (Å²) in [4.78, 5) is 22.2. The van der Waals surface area contributed by atoms with Crippen molar-refractivity contribution < 1.29 is 19.1 Å². The summed E-state index contributed by atoms with van der Waals surface area (Å²) in [6, 6.07) is 8.56. The van der Waals surface area contributed by atoms with E-state index < -0.39 is 17.2 Å². The zero-order valence-corrected chi connectivity index (χ0v) is 10.3. The van der Waals surface area contributed by atoms with Crippen molar-refractivity contribution in [2.45, 2.75) is 13.5 Å². The van der Waals surface area contributed by atoms with Gasteiger partial charge in [0, 0.05) is 6.07 Å². The van der Waals surface area contributed by atoms with Crippen LogP contribution in [-0.4, -0.2) is 11.1 Å². The fraction of sp³-hybridized carbons (Fsp3) is 0.143. The minimum atomic E-state index is -1.29. The lowest BCUT2D eigenvalue weighted by molar-refractivity contribution is 0.0658. The Hall–Kier alpha value is -2.56. The molecule has 1 aromatic carbocycles. The predicted octanol–water partition coefficient (Wildman–Crippen LogP) is 2.23. The molecule has 0 fully saturated rings. The Morgan fingerprint density at radius 3 is 2.79 bits per heavy atom. The molecular weight excluding hydrogens is 248 g/mol. The zero-order valence-electron chi connectivity index (χ0n) is 10.3. The van der Waals surface area contributed by atoms with Gasteiger partial charge in [0.05, 0.1) is 0 Å². The smallest absolute Gasteiger partial charge is 0.371 e. The average Bonchev–Trinajstić information content (AvgIpc) is 2.37. The zero-order chi connectivity index (χ0) is 13.8. The maximum atomic E-state index is 11.6. The number of aryl methyl sites for hydroxylation is 1. The summed E-state index contributed by atoms with van der Waals surface area (Å²) in [6.07, 6.45) is 1.02. The van der Waals surface area contributed by atoms with Crippen LogP contribution in [0.5, 0.6) is 5.75 Å². The predicted molar refractivity (Wildman–Crippen MR) is 67.4 cm³/mol. The van der Waals surface area contributed by atoms with Gasteiger partial charge in [-0.3, -0.25) is 4.79 Å². The SMILES string of the molecule is Cc1cccc(COc2coc(C(=O)O)cc2=O)c1. The van der Waals surface area contributed by atoms with Crippen LogP contribution < -0.4 is 10.2 Å². The van der Waals surface area contributed by atoms with Crippen LogP contribution >= 0.6 is 0 Å². The molecule has 0 bridgehead atoms. The van der Waals surface area contributed by atoms with Gasteiger partial charge in [0.15, 0.2) is 0 Å². The second-order valence-electron chi connectivity index (χ2n) is 4.06. The van der Waals surface area contributed by atoms with E-state index in [0.717, 1.165) is 23.5 Å². The van der Waals surface area contributed by atoms with E-state index in [1.54, 1.807) is 0 Å². The van der Waals surface area contributed by atoms with Gasteiger partial charge in [-0.15, -0.1) is 0 Å². The monoisotopic (exact) mass is 260 g/mol. The van der Waals surface area contributed by atoms with Crippen molar-refractivity contribution >= 4 is 5.97 Å². The van der Waals surface area contributed by atoms with Gasteiger partial charge in [0.2, 0.25) is 16.9 Å². The first kappa shape index (κ1) is 12.9. The molecule has 19 heavy (non-hydrogen) atoms. The first-order valence-corrected chi connectivity index (χ1v) is 5.61. The number of ether oxygens (including phenoxy) is 1. The molecular formula is C14H12O5.